The third-order valence-electron chi connectivity index (χ3n) is 1.75. The van der Waals surface area contributed by atoms with Crippen LogP contribution < -0.4 is 0 Å². The molecule has 0 amide bonds. The summed E-state index contributed by atoms with van der Waals surface area (Å²) in [6.45, 7) is 2.46. The van der Waals surface area contributed by atoms with Crippen LogP contribution in [0.25, 0.3) is 0 Å². The van der Waals surface area contributed by atoms with Gasteiger partial charge in [-0.1, -0.05) is 0 Å². The van der Waals surface area contributed by atoms with Gasteiger partial charge < -0.3 is 4.74 Å². The second-order valence-corrected chi connectivity index (χ2v) is 4.00. The van der Waals surface area contributed by atoms with E-state index in [4.69, 9.17) is 4.74 Å². The predicted molar refractivity (Wildman–Crippen MR) is 58.2 cm³/mol. The fraction of sp³-hybridized carbons (Fsp3) is 0.444. The van der Waals surface area contributed by atoms with Crippen LogP contribution in [-0.4, -0.2) is 29.4 Å². The van der Waals surface area contributed by atoms with Crippen molar-refractivity contribution < 1.29 is 9.66 Å². The zero-order valence-electron chi connectivity index (χ0n) is 8.60. The van der Waals surface area contributed by atoms with Crippen LogP contribution in [0.15, 0.2) is 17.3 Å². The number of hydrogen-bond acceptors (Lipinski definition) is 5. The first-order valence-corrected chi connectivity index (χ1v) is 5.36. The molecular weight excluding hydrogens is 216 g/mol. The minimum atomic E-state index is -0.441. The maximum atomic E-state index is 10.5. The minimum absolute atomic E-state index is 0.0311. The quantitative estimate of drug-likeness (QED) is 0.334. The highest BCUT2D eigenvalue weighted by atomic mass is 32.2. The Kier molecular flexibility index (Phi) is 4.51. The molecule has 0 spiro atoms. The van der Waals surface area contributed by atoms with Crippen molar-refractivity contribution in [1.82, 2.24) is 4.98 Å². The first-order chi connectivity index (χ1) is 7.15. The molecule has 0 saturated heterocycles. The van der Waals surface area contributed by atoms with Crippen LogP contribution in [0, 0.1) is 17.0 Å². The Morgan fingerprint density at radius 3 is 2.93 bits per heavy atom. The summed E-state index contributed by atoms with van der Waals surface area (Å²) in [4.78, 5) is 14.1. The van der Waals surface area contributed by atoms with Gasteiger partial charge in [0.1, 0.15) is 6.20 Å². The van der Waals surface area contributed by atoms with Crippen molar-refractivity contribution in [1.29, 1.82) is 0 Å². The molecule has 0 saturated carbocycles. The van der Waals surface area contributed by atoms with Gasteiger partial charge in [0.15, 0.2) is 0 Å². The molecule has 1 aromatic rings. The highest BCUT2D eigenvalue weighted by Crippen LogP contribution is 2.22. The molecule has 0 aliphatic heterocycles. The van der Waals surface area contributed by atoms with Crippen LogP contribution in [0.5, 0.6) is 0 Å². The Morgan fingerprint density at radius 1 is 1.67 bits per heavy atom. The molecule has 0 aliphatic rings. The second kappa shape index (κ2) is 5.67. The molecule has 1 aromatic heterocycles. The van der Waals surface area contributed by atoms with Gasteiger partial charge in [0.25, 0.3) is 5.69 Å². The molecule has 1 heterocycles. The lowest BCUT2D eigenvalue weighted by molar-refractivity contribution is -0.385. The summed E-state index contributed by atoms with van der Waals surface area (Å²) in [5, 5.41) is 11.3. The zero-order chi connectivity index (χ0) is 11.3. The molecule has 0 aliphatic carbocycles. The topological polar surface area (TPSA) is 65.3 Å². The van der Waals surface area contributed by atoms with E-state index >= 15 is 0 Å². The number of rotatable bonds is 5. The molecular formula is C9H12N2O3S. The number of nitrogens with zero attached hydrogens (tertiary/aromatic N) is 2. The molecule has 0 fully saturated rings. The average Bonchev–Trinajstić information content (AvgIpc) is 2.20. The summed E-state index contributed by atoms with van der Waals surface area (Å²) < 4.78 is 4.91. The Labute approximate surface area is 92.0 Å². The van der Waals surface area contributed by atoms with Gasteiger partial charge >= 0.3 is 0 Å². The van der Waals surface area contributed by atoms with Crippen LogP contribution in [0.2, 0.25) is 0 Å². The monoisotopic (exact) mass is 228 g/mol. The van der Waals surface area contributed by atoms with Gasteiger partial charge in [0.2, 0.25) is 0 Å². The van der Waals surface area contributed by atoms with E-state index in [2.05, 4.69) is 4.98 Å². The predicted octanol–water partition coefficient (Wildman–Crippen LogP) is 2.04. The Bertz CT molecular complexity index is 357. The smallest absolute Gasteiger partial charge is 0.287 e. The molecule has 0 unspecified atom stereocenters. The molecule has 0 atom stereocenters. The van der Waals surface area contributed by atoms with Gasteiger partial charge in [-0.2, -0.15) is 0 Å². The first-order valence-electron chi connectivity index (χ1n) is 4.38. The number of thioether (sulfide) groups is 1. The molecule has 82 valence electrons. The van der Waals surface area contributed by atoms with E-state index < -0.39 is 4.92 Å². The average molecular weight is 228 g/mol. The van der Waals surface area contributed by atoms with Crippen LogP contribution in [0.3, 0.4) is 0 Å². The van der Waals surface area contributed by atoms with Crippen LogP contribution in [0.4, 0.5) is 5.69 Å². The Morgan fingerprint density at radius 2 is 2.40 bits per heavy atom. The number of ether oxygens (including phenoxy) is 1. The van der Waals surface area contributed by atoms with Crippen molar-refractivity contribution in [3.8, 4) is 0 Å². The normalized spacial score (nSPS) is 10.3. The molecule has 6 heteroatoms. The van der Waals surface area contributed by atoms with Gasteiger partial charge in [0.05, 0.1) is 16.6 Å². The summed E-state index contributed by atoms with van der Waals surface area (Å²) in [6, 6.07) is 1.53. The largest absolute Gasteiger partial charge is 0.384 e. The standard InChI is InChI=1S/C9H12N2O3S/c1-7-5-8(11(12)13)6-10-9(7)15-4-3-14-2/h5-6H,3-4H2,1-2H3. The molecule has 15 heavy (non-hydrogen) atoms. The fourth-order valence-corrected chi connectivity index (χ4v) is 1.88. The Balaban J connectivity index is 2.70. The van der Waals surface area contributed by atoms with Crippen molar-refractivity contribution in [2.24, 2.45) is 0 Å². The molecule has 0 N–H and O–H groups in total. The van der Waals surface area contributed by atoms with Crippen molar-refractivity contribution in [3.63, 3.8) is 0 Å². The highest BCUT2D eigenvalue weighted by molar-refractivity contribution is 7.99. The molecule has 0 radical (unpaired) electrons. The maximum Gasteiger partial charge on any atom is 0.287 e. The third-order valence-corrected chi connectivity index (χ3v) is 2.82. The van der Waals surface area contributed by atoms with Crippen molar-refractivity contribution in [2.45, 2.75) is 11.9 Å². The Hall–Kier alpha value is -1.14. The van der Waals surface area contributed by atoms with Gasteiger partial charge in [-0.05, 0) is 12.5 Å². The SMILES string of the molecule is COCCSc1ncc([N+](=O)[O-])cc1C. The fourth-order valence-electron chi connectivity index (χ4n) is 1.02. The molecule has 5 nitrogen and oxygen atoms in total. The van der Waals surface area contributed by atoms with Crippen molar-refractivity contribution in [3.05, 3.63) is 27.9 Å². The molecule has 0 bridgehead atoms. The lowest BCUT2D eigenvalue weighted by Crippen LogP contribution is -1.95. The van der Waals surface area contributed by atoms with E-state index in [1.807, 2.05) is 6.92 Å². The highest BCUT2D eigenvalue weighted by Gasteiger charge is 2.09. The van der Waals surface area contributed by atoms with E-state index in [1.165, 1.54) is 24.0 Å². The number of aromatic nitrogens is 1. The van der Waals surface area contributed by atoms with Gasteiger partial charge in [0, 0.05) is 18.9 Å². The van der Waals surface area contributed by atoms with Crippen LogP contribution in [0.1, 0.15) is 5.56 Å². The van der Waals surface area contributed by atoms with E-state index in [9.17, 15) is 10.1 Å². The van der Waals surface area contributed by atoms with Crippen LogP contribution in [-0.2, 0) is 4.74 Å². The summed E-state index contributed by atoms with van der Waals surface area (Å²) >= 11 is 1.53. The minimum Gasteiger partial charge on any atom is -0.384 e. The van der Waals surface area contributed by atoms with Gasteiger partial charge in [-0.15, -0.1) is 11.8 Å². The van der Waals surface area contributed by atoms with Gasteiger partial charge in [-0.3, -0.25) is 10.1 Å². The first kappa shape index (κ1) is 11.9. The van der Waals surface area contributed by atoms with Crippen molar-refractivity contribution in [2.75, 3.05) is 19.5 Å². The number of aryl methyl sites for hydroxylation is 1. The maximum absolute atomic E-state index is 10.5. The zero-order valence-corrected chi connectivity index (χ0v) is 9.41. The van der Waals surface area contributed by atoms with Crippen LogP contribution >= 0.6 is 11.8 Å². The number of methoxy groups -OCH3 is 1. The number of nitro groups is 1. The number of pyridine rings is 1. The summed E-state index contributed by atoms with van der Waals surface area (Å²) in [6.07, 6.45) is 1.28. The molecule has 1 rings (SSSR count). The van der Waals surface area contributed by atoms with Gasteiger partial charge in [-0.25, -0.2) is 4.98 Å². The molecule has 0 aromatic carbocycles. The van der Waals surface area contributed by atoms with E-state index in [-0.39, 0.29) is 5.69 Å². The van der Waals surface area contributed by atoms with E-state index in [0.717, 1.165) is 16.3 Å². The second-order valence-electron chi connectivity index (χ2n) is 2.91. The summed E-state index contributed by atoms with van der Waals surface area (Å²) in [7, 11) is 1.64. The third kappa shape index (κ3) is 3.49. The van der Waals surface area contributed by atoms with E-state index in [0.29, 0.717) is 6.61 Å². The lowest BCUT2D eigenvalue weighted by Gasteiger charge is -2.03. The van der Waals surface area contributed by atoms with Crippen molar-refractivity contribution >= 4 is 17.4 Å². The number of hydrogen-bond donors (Lipinski definition) is 0. The van der Waals surface area contributed by atoms with E-state index in [1.54, 1.807) is 7.11 Å². The lowest BCUT2D eigenvalue weighted by atomic mass is 10.3. The summed E-state index contributed by atoms with van der Waals surface area (Å²) in [5.41, 5.74) is 0.855. The summed E-state index contributed by atoms with van der Waals surface area (Å²) in [5.74, 6) is 0.794.